The zero-order valence-electron chi connectivity index (χ0n) is 14.2. The lowest BCUT2D eigenvalue weighted by molar-refractivity contribution is -0.166. The zero-order chi connectivity index (χ0) is 16.4. The van der Waals surface area contributed by atoms with Crippen molar-refractivity contribution in [2.75, 3.05) is 6.61 Å². The van der Waals surface area contributed by atoms with Crippen LogP contribution in [0.1, 0.15) is 54.9 Å². The molecule has 21 heavy (non-hydrogen) atoms. The molecule has 3 atom stereocenters. The molecule has 0 aromatic heterocycles. The number of cyclic esters (lactones) is 2. The Balaban J connectivity index is 2.72. The monoisotopic (exact) mass is 300 g/mol. The van der Waals surface area contributed by atoms with Crippen molar-refractivity contribution in [1.82, 2.24) is 0 Å². The van der Waals surface area contributed by atoms with Crippen molar-refractivity contribution < 1.29 is 23.8 Å². The Bertz CT molecular complexity index is 396. The molecule has 0 bridgehead atoms. The minimum Gasteiger partial charge on any atom is -0.461 e. The van der Waals surface area contributed by atoms with Crippen LogP contribution in [-0.2, 0) is 19.0 Å². The van der Waals surface area contributed by atoms with E-state index in [0.29, 0.717) is 5.92 Å². The SMILES string of the molecule is CC(C)CC(C)(C(=O)OCC1OC(=O)OC1C)C(C)(C)C. The van der Waals surface area contributed by atoms with E-state index in [1.54, 1.807) is 6.92 Å². The van der Waals surface area contributed by atoms with Gasteiger partial charge in [0.1, 0.15) is 12.7 Å². The van der Waals surface area contributed by atoms with Crippen LogP contribution in [0.5, 0.6) is 0 Å². The van der Waals surface area contributed by atoms with Crippen LogP contribution in [0.25, 0.3) is 0 Å². The summed E-state index contributed by atoms with van der Waals surface area (Å²) in [7, 11) is 0. The van der Waals surface area contributed by atoms with E-state index in [2.05, 4.69) is 13.8 Å². The van der Waals surface area contributed by atoms with Crippen LogP contribution >= 0.6 is 0 Å². The van der Waals surface area contributed by atoms with Crippen LogP contribution in [0, 0.1) is 16.7 Å². The van der Waals surface area contributed by atoms with Gasteiger partial charge in [-0.05, 0) is 31.6 Å². The van der Waals surface area contributed by atoms with Crippen molar-refractivity contribution in [2.45, 2.75) is 67.1 Å². The highest BCUT2D eigenvalue weighted by Crippen LogP contribution is 2.44. The third kappa shape index (κ3) is 4.11. The van der Waals surface area contributed by atoms with Crippen LogP contribution < -0.4 is 0 Å². The molecule has 3 unspecified atom stereocenters. The second-order valence-electron chi connectivity index (χ2n) is 7.51. The van der Waals surface area contributed by atoms with Gasteiger partial charge in [-0.25, -0.2) is 4.79 Å². The minimum atomic E-state index is -0.704. The zero-order valence-corrected chi connectivity index (χ0v) is 14.2. The summed E-state index contributed by atoms with van der Waals surface area (Å²) in [4.78, 5) is 23.6. The average Bonchev–Trinajstić information content (AvgIpc) is 2.62. The first-order valence-corrected chi connectivity index (χ1v) is 7.52. The molecule has 1 fully saturated rings. The van der Waals surface area contributed by atoms with E-state index in [9.17, 15) is 9.59 Å². The van der Waals surface area contributed by atoms with Gasteiger partial charge in [0.05, 0.1) is 5.41 Å². The standard InChI is InChI=1S/C16H28O5/c1-10(2)8-16(7,15(4,5)6)13(17)19-9-12-11(3)20-14(18)21-12/h10-12H,8-9H2,1-7H3. The predicted molar refractivity (Wildman–Crippen MR) is 78.8 cm³/mol. The van der Waals surface area contributed by atoms with Crippen LogP contribution in [0.3, 0.4) is 0 Å². The Morgan fingerprint density at radius 1 is 1.24 bits per heavy atom. The highest BCUT2D eigenvalue weighted by atomic mass is 16.8. The van der Waals surface area contributed by atoms with Gasteiger partial charge in [-0.1, -0.05) is 34.6 Å². The smallest absolute Gasteiger partial charge is 0.461 e. The molecule has 1 aliphatic heterocycles. The van der Waals surface area contributed by atoms with Gasteiger partial charge in [0.15, 0.2) is 6.10 Å². The summed E-state index contributed by atoms with van der Waals surface area (Å²) in [6.45, 7) is 14.0. The molecule has 0 spiro atoms. The molecule has 1 rings (SSSR count). The molecule has 5 heteroatoms. The molecule has 1 heterocycles. The Morgan fingerprint density at radius 2 is 1.81 bits per heavy atom. The molecular formula is C16H28O5. The lowest BCUT2D eigenvalue weighted by Gasteiger charge is -2.41. The molecule has 0 aromatic carbocycles. The van der Waals surface area contributed by atoms with Crippen molar-refractivity contribution >= 4 is 12.1 Å². The maximum atomic E-state index is 12.6. The lowest BCUT2D eigenvalue weighted by Crippen LogP contribution is -2.44. The highest BCUT2D eigenvalue weighted by Gasteiger charge is 2.46. The predicted octanol–water partition coefficient (Wildman–Crippen LogP) is 3.55. The number of ether oxygens (including phenoxy) is 3. The average molecular weight is 300 g/mol. The fourth-order valence-electron chi connectivity index (χ4n) is 2.47. The molecule has 0 saturated carbocycles. The number of carbonyl (C=O) groups excluding carboxylic acids is 2. The number of carbonyl (C=O) groups is 2. The van der Waals surface area contributed by atoms with Gasteiger partial charge in [-0.15, -0.1) is 0 Å². The van der Waals surface area contributed by atoms with E-state index in [-0.39, 0.29) is 18.0 Å². The van der Waals surface area contributed by atoms with Crippen molar-refractivity contribution in [3.63, 3.8) is 0 Å². The number of hydrogen-bond acceptors (Lipinski definition) is 5. The van der Waals surface area contributed by atoms with E-state index >= 15 is 0 Å². The molecule has 0 aliphatic carbocycles. The largest absolute Gasteiger partial charge is 0.509 e. The molecule has 0 radical (unpaired) electrons. The first-order chi connectivity index (χ1) is 9.47. The van der Waals surface area contributed by atoms with Crippen LogP contribution in [0.2, 0.25) is 0 Å². The van der Waals surface area contributed by atoms with Gasteiger partial charge in [-0.3, -0.25) is 4.79 Å². The summed E-state index contributed by atoms with van der Waals surface area (Å²) in [5.41, 5.74) is -0.809. The third-order valence-corrected chi connectivity index (χ3v) is 4.35. The lowest BCUT2D eigenvalue weighted by atomic mass is 9.64. The summed E-state index contributed by atoms with van der Waals surface area (Å²) in [6.07, 6.45) is -0.878. The van der Waals surface area contributed by atoms with E-state index in [1.165, 1.54) is 0 Å². The summed E-state index contributed by atoms with van der Waals surface area (Å²) in [5.74, 6) is 0.132. The van der Waals surface area contributed by atoms with Gasteiger partial charge in [0, 0.05) is 0 Å². The third-order valence-electron chi connectivity index (χ3n) is 4.35. The summed E-state index contributed by atoms with van der Waals surface area (Å²) >= 11 is 0. The van der Waals surface area contributed by atoms with Gasteiger partial charge in [-0.2, -0.15) is 0 Å². The fraction of sp³-hybridized carbons (Fsp3) is 0.875. The number of rotatable bonds is 5. The van der Waals surface area contributed by atoms with Gasteiger partial charge < -0.3 is 14.2 Å². The summed E-state index contributed by atoms with van der Waals surface area (Å²) < 4.78 is 15.3. The molecule has 122 valence electrons. The summed E-state index contributed by atoms with van der Waals surface area (Å²) in [5, 5.41) is 0. The van der Waals surface area contributed by atoms with E-state index in [4.69, 9.17) is 14.2 Å². The summed E-state index contributed by atoms with van der Waals surface area (Å²) in [6, 6.07) is 0. The van der Waals surface area contributed by atoms with E-state index < -0.39 is 23.8 Å². The molecule has 1 aliphatic rings. The fourth-order valence-corrected chi connectivity index (χ4v) is 2.47. The van der Waals surface area contributed by atoms with E-state index in [0.717, 1.165) is 6.42 Å². The molecular weight excluding hydrogens is 272 g/mol. The number of esters is 1. The Kier molecular flexibility index (Phi) is 5.29. The topological polar surface area (TPSA) is 61.8 Å². The van der Waals surface area contributed by atoms with Crippen molar-refractivity contribution in [3.8, 4) is 0 Å². The molecule has 0 amide bonds. The van der Waals surface area contributed by atoms with Gasteiger partial charge >= 0.3 is 12.1 Å². The maximum Gasteiger partial charge on any atom is 0.509 e. The first-order valence-electron chi connectivity index (χ1n) is 7.52. The Labute approximate surface area is 127 Å². The molecule has 0 N–H and O–H groups in total. The van der Waals surface area contributed by atoms with Crippen molar-refractivity contribution in [1.29, 1.82) is 0 Å². The van der Waals surface area contributed by atoms with E-state index in [1.807, 2.05) is 27.7 Å². The quantitative estimate of drug-likeness (QED) is 0.727. The Morgan fingerprint density at radius 3 is 2.19 bits per heavy atom. The van der Waals surface area contributed by atoms with Crippen LogP contribution in [-0.4, -0.2) is 30.9 Å². The Hall–Kier alpha value is -1.26. The first kappa shape index (κ1) is 17.8. The minimum absolute atomic E-state index is 0.0372. The highest BCUT2D eigenvalue weighted by molar-refractivity contribution is 5.77. The molecule has 1 saturated heterocycles. The second kappa shape index (κ2) is 6.24. The normalized spacial score (nSPS) is 25.2. The molecule has 5 nitrogen and oxygen atoms in total. The molecule has 0 aromatic rings. The maximum absolute atomic E-state index is 12.6. The number of hydrogen-bond donors (Lipinski definition) is 0. The van der Waals surface area contributed by atoms with Gasteiger partial charge in [0.2, 0.25) is 0 Å². The van der Waals surface area contributed by atoms with Crippen LogP contribution in [0.4, 0.5) is 4.79 Å². The van der Waals surface area contributed by atoms with Crippen molar-refractivity contribution in [3.05, 3.63) is 0 Å². The van der Waals surface area contributed by atoms with Gasteiger partial charge in [0.25, 0.3) is 0 Å². The second-order valence-corrected chi connectivity index (χ2v) is 7.51. The van der Waals surface area contributed by atoms with Crippen molar-refractivity contribution in [2.24, 2.45) is 16.7 Å². The van der Waals surface area contributed by atoms with Crippen LogP contribution in [0.15, 0.2) is 0 Å².